The summed E-state index contributed by atoms with van der Waals surface area (Å²) in [5.74, 6) is -3.93. The van der Waals surface area contributed by atoms with E-state index in [2.05, 4.69) is 22.0 Å². The number of halogens is 5. The summed E-state index contributed by atoms with van der Waals surface area (Å²) in [4.78, 5) is 19.7. The summed E-state index contributed by atoms with van der Waals surface area (Å²) in [6.07, 6.45) is 2.06. The van der Waals surface area contributed by atoms with Gasteiger partial charge in [-0.1, -0.05) is 6.92 Å². The Morgan fingerprint density at radius 1 is 1.20 bits per heavy atom. The van der Waals surface area contributed by atoms with E-state index in [4.69, 9.17) is 0 Å². The number of nitrogens with zero attached hydrogens (tertiary/aromatic N) is 2. The minimum Gasteiger partial charge on any atom is -0.435 e. The zero-order chi connectivity index (χ0) is 25.3. The predicted molar refractivity (Wildman–Crippen MR) is 122 cm³/mol. The molecule has 10 heteroatoms. The molecule has 0 bridgehead atoms. The molecule has 5 nitrogen and oxygen atoms in total. The number of aryl methyl sites for hydroxylation is 1. The fraction of sp³-hybridized carbons (Fsp3) is 0.520. The molecule has 2 heterocycles. The first kappa shape index (κ1) is 25.2. The molecule has 2 aliphatic rings. The van der Waals surface area contributed by atoms with Crippen molar-refractivity contribution in [1.29, 1.82) is 0 Å². The Kier molecular flexibility index (Phi) is 7.19. The highest BCUT2D eigenvalue weighted by molar-refractivity contribution is 6.04. The zero-order valence-corrected chi connectivity index (χ0v) is 19.6. The van der Waals surface area contributed by atoms with E-state index in [1.54, 1.807) is 6.92 Å². The Morgan fingerprint density at radius 3 is 2.54 bits per heavy atom. The van der Waals surface area contributed by atoms with E-state index < -0.39 is 30.3 Å². The molecule has 1 aromatic carbocycles. The highest BCUT2D eigenvalue weighted by atomic mass is 19.3. The summed E-state index contributed by atoms with van der Waals surface area (Å²) < 4.78 is 71.6. The van der Waals surface area contributed by atoms with Crippen LogP contribution in [-0.2, 0) is 0 Å². The van der Waals surface area contributed by atoms with Gasteiger partial charge in [0.1, 0.15) is 11.6 Å². The number of hydrogen-bond acceptors (Lipinski definition) is 4. The number of ether oxygens (including phenoxy) is 1. The Labute approximate surface area is 200 Å². The highest BCUT2D eigenvalue weighted by Crippen LogP contribution is 2.40. The summed E-state index contributed by atoms with van der Waals surface area (Å²) in [7, 11) is 0. The van der Waals surface area contributed by atoms with Crippen molar-refractivity contribution in [2.75, 3.05) is 18.0 Å². The van der Waals surface area contributed by atoms with Gasteiger partial charge in [0, 0.05) is 55.5 Å². The van der Waals surface area contributed by atoms with Crippen molar-refractivity contribution < 1.29 is 31.5 Å². The van der Waals surface area contributed by atoms with Gasteiger partial charge in [0.05, 0.1) is 11.3 Å². The van der Waals surface area contributed by atoms with E-state index in [1.165, 1.54) is 18.3 Å². The van der Waals surface area contributed by atoms with Gasteiger partial charge in [-0.25, -0.2) is 13.2 Å². The largest absolute Gasteiger partial charge is 0.435 e. The van der Waals surface area contributed by atoms with Crippen LogP contribution >= 0.6 is 0 Å². The SMILES string of the molecule is Cc1ncc(C(=O)NC2CCC(F)(F)CC2)c(N2CCC(C)C2)c1-c1cc(F)cc(OC(F)F)c1. The van der Waals surface area contributed by atoms with Gasteiger partial charge >= 0.3 is 6.61 Å². The molecule has 2 fully saturated rings. The normalized spacial score (nSPS) is 20.3. The molecule has 1 amide bonds. The standard InChI is InChI=1S/C25H28F5N3O2/c1-14-5-8-33(13-14)22-20(23(34)32-18-3-6-25(29,30)7-4-18)12-31-15(2)21(22)16-9-17(26)11-19(10-16)35-24(27)28/h9-12,14,18,24H,3-8,13H2,1-2H3,(H,32,34). The second-order valence-corrected chi connectivity index (χ2v) is 9.48. The van der Waals surface area contributed by atoms with Crippen LogP contribution in [0.2, 0.25) is 0 Å². The van der Waals surface area contributed by atoms with Gasteiger partial charge in [-0.3, -0.25) is 9.78 Å². The van der Waals surface area contributed by atoms with Crippen molar-refractivity contribution in [3.63, 3.8) is 0 Å². The van der Waals surface area contributed by atoms with Crippen molar-refractivity contribution in [2.45, 2.75) is 64.5 Å². The molecule has 1 N–H and O–H groups in total. The van der Waals surface area contributed by atoms with Crippen LogP contribution < -0.4 is 15.0 Å². The van der Waals surface area contributed by atoms with Crippen molar-refractivity contribution in [3.8, 4) is 16.9 Å². The lowest BCUT2D eigenvalue weighted by atomic mass is 9.92. The first-order chi connectivity index (χ1) is 16.5. The van der Waals surface area contributed by atoms with E-state index in [1.807, 2.05) is 4.90 Å². The minimum absolute atomic E-state index is 0.166. The fourth-order valence-electron chi connectivity index (χ4n) is 4.90. The van der Waals surface area contributed by atoms with E-state index in [9.17, 15) is 26.7 Å². The molecular formula is C25H28F5N3O2. The third-order valence-corrected chi connectivity index (χ3v) is 6.66. The monoisotopic (exact) mass is 497 g/mol. The maximum Gasteiger partial charge on any atom is 0.387 e. The summed E-state index contributed by atoms with van der Waals surface area (Å²) in [5.41, 5.74) is 1.95. The highest BCUT2D eigenvalue weighted by Gasteiger charge is 2.36. The number of rotatable bonds is 6. The molecule has 4 rings (SSSR count). The lowest BCUT2D eigenvalue weighted by molar-refractivity contribution is -0.0499. The van der Waals surface area contributed by atoms with Crippen LogP contribution in [0.5, 0.6) is 5.75 Å². The van der Waals surface area contributed by atoms with Gasteiger partial charge in [-0.2, -0.15) is 8.78 Å². The summed E-state index contributed by atoms with van der Waals surface area (Å²) in [6.45, 7) is 1.93. The van der Waals surface area contributed by atoms with Crippen molar-refractivity contribution in [3.05, 3.63) is 41.5 Å². The van der Waals surface area contributed by atoms with Crippen LogP contribution in [0, 0.1) is 18.7 Å². The average Bonchev–Trinajstić information content (AvgIpc) is 3.20. The second-order valence-electron chi connectivity index (χ2n) is 9.48. The zero-order valence-electron chi connectivity index (χ0n) is 19.6. The average molecular weight is 498 g/mol. The number of nitrogens with one attached hydrogen (secondary N) is 1. The molecule has 1 unspecified atom stereocenters. The van der Waals surface area contributed by atoms with Crippen LogP contribution in [0.3, 0.4) is 0 Å². The predicted octanol–water partition coefficient (Wildman–Crippen LogP) is 5.95. The number of alkyl halides is 4. The Balaban J connectivity index is 1.75. The number of carbonyl (C=O) groups excluding carboxylic acids is 1. The molecule has 35 heavy (non-hydrogen) atoms. The van der Waals surface area contributed by atoms with Gasteiger partial charge in [0.15, 0.2) is 0 Å². The number of pyridine rings is 1. The van der Waals surface area contributed by atoms with Crippen molar-refractivity contribution >= 4 is 11.6 Å². The molecule has 1 saturated heterocycles. The third kappa shape index (κ3) is 5.85. The molecule has 190 valence electrons. The van der Waals surface area contributed by atoms with Gasteiger partial charge < -0.3 is 15.0 Å². The topological polar surface area (TPSA) is 54.5 Å². The second kappa shape index (κ2) is 9.99. The molecule has 1 atom stereocenters. The van der Waals surface area contributed by atoms with E-state index in [-0.39, 0.29) is 42.6 Å². The smallest absolute Gasteiger partial charge is 0.387 e. The van der Waals surface area contributed by atoms with Gasteiger partial charge in [0.25, 0.3) is 5.91 Å². The maximum atomic E-state index is 14.4. The van der Waals surface area contributed by atoms with E-state index in [0.717, 1.165) is 12.5 Å². The van der Waals surface area contributed by atoms with E-state index in [0.29, 0.717) is 36.0 Å². The molecule has 0 spiro atoms. The number of aromatic nitrogens is 1. The third-order valence-electron chi connectivity index (χ3n) is 6.66. The van der Waals surface area contributed by atoms with Gasteiger partial charge in [-0.15, -0.1) is 0 Å². The number of anilines is 1. The molecule has 1 aliphatic carbocycles. The van der Waals surface area contributed by atoms with Gasteiger partial charge in [0.2, 0.25) is 5.92 Å². The lowest BCUT2D eigenvalue weighted by Gasteiger charge is -2.30. The van der Waals surface area contributed by atoms with Crippen LogP contribution in [0.4, 0.5) is 27.6 Å². The van der Waals surface area contributed by atoms with Crippen LogP contribution in [0.1, 0.15) is 55.1 Å². The number of benzene rings is 1. The first-order valence-corrected chi connectivity index (χ1v) is 11.7. The molecule has 0 radical (unpaired) electrons. The van der Waals surface area contributed by atoms with E-state index >= 15 is 0 Å². The summed E-state index contributed by atoms with van der Waals surface area (Å²) >= 11 is 0. The maximum absolute atomic E-state index is 14.4. The number of amides is 1. The number of hydrogen-bond donors (Lipinski definition) is 1. The fourth-order valence-corrected chi connectivity index (χ4v) is 4.90. The quantitative estimate of drug-likeness (QED) is 0.501. The first-order valence-electron chi connectivity index (χ1n) is 11.7. The lowest BCUT2D eigenvalue weighted by Crippen LogP contribution is -2.41. The van der Waals surface area contributed by atoms with Crippen molar-refractivity contribution in [2.24, 2.45) is 5.92 Å². The van der Waals surface area contributed by atoms with Crippen LogP contribution in [-0.4, -0.2) is 42.6 Å². The van der Waals surface area contributed by atoms with Gasteiger partial charge in [-0.05, 0) is 49.8 Å². The van der Waals surface area contributed by atoms with Crippen LogP contribution in [0.25, 0.3) is 11.1 Å². The summed E-state index contributed by atoms with van der Waals surface area (Å²) in [6, 6.07) is 2.96. The molecule has 2 aromatic rings. The molecule has 1 aliphatic heterocycles. The Bertz CT molecular complexity index is 1090. The molecule has 1 aromatic heterocycles. The van der Waals surface area contributed by atoms with Crippen molar-refractivity contribution in [1.82, 2.24) is 10.3 Å². The Morgan fingerprint density at radius 2 is 1.91 bits per heavy atom. The summed E-state index contributed by atoms with van der Waals surface area (Å²) in [5, 5.41) is 2.86. The Hall–Kier alpha value is -2.91. The van der Waals surface area contributed by atoms with Crippen LogP contribution in [0.15, 0.2) is 24.4 Å². The molecular weight excluding hydrogens is 469 g/mol. The minimum atomic E-state index is -3.12. The molecule has 1 saturated carbocycles. The number of carbonyl (C=O) groups is 1.